The van der Waals surface area contributed by atoms with Crippen LogP contribution in [0.15, 0.2) is 33.7 Å². The lowest BCUT2D eigenvalue weighted by atomic mass is 10.1. The minimum Gasteiger partial charge on any atom is -0.478 e. The lowest BCUT2D eigenvalue weighted by Gasteiger charge is -2.12. The number of nitrogens with zero attached hydrogens (tertiary/aromatic N) is 2. The molecule has 0 atom stereocenters. The number of benzene rings is 1. The lowest BCUT2D eigenvalue weighted by molar-refractivity contribution is 0.0696. The van der Waals surface area contributed by atoms with Crippen LogP contribution in [0.1, 0.15) is 21.7 Å². The molecule has 2 rings (SSSR count). The second-order valence-electron chi connectivity index (χ2n) is 4.23. The summed E-state index contributed by atoms with van der Waals surface area (Å²) in [7, 11) is 0. The molecule has 1 heterocycles. The Hall–Kier alpha value is -2.15. The minimum absolute atomic E-state index is 0.0128. The van der Waals surface area contributed by atoms with E-state index in [1.54, 1.807) is 19.1 Å². The number of halogens is 1. The summed E-state index contributed by atoms with van der Waals surface area (Å²) < 4.78 is 1.72. The third-order valence-corrected chi connectivity index (χ3v) is 3.47. The molecule has 0 aliphatic carbocycles. The van der Waals surface area contributed by atoms with Gasteiger partial charge in [-0.2, -0.15) is 0 Å². The fourth-order valence-electron chi connectivity index (χ4n) is 1.92. The zero-order valence-electron chi connectivity index (χ0n) is 10.6. The van der Waals surface area contributed by atoms with Crippen LogP contribution >= 0.6 is 15.9 Å². The molecular weight excluding hydrogens is 326 g/mol. The summed E-state index contributed by atoms with van der Waals surface area (Å²) in [5.41, 5.74) is 6.07. The van der Waals surface area contributed by atoms with E-state index in [4.69, 9.17) is 5.73 Å². The van der Waals surface area contributed by atoms with E-state index in [1.807, 2.05) is 0 Å². The summed E-state index contributed by atoms with van der Waals surface area (Å²) in [5, 5.41) is 9.23. The number of hydrogen-bond donors (Lipinski definition) is 2. The lowest BCUT2D eigenvalue weighted by Crippen LogP contribution is -2.25. The summed E-state index contributed by atoms with van der Waals surface area (Å²) in [6, 6.07) is 4.80. The predicted molar refractivity (Wildman–Crippen MR) is 77.8 cm³/mol. The number of aromatic nitrogens is 2. The summed E-state index contributed by atoms with van der Waals surface area (Å²) in [4.78, 5) is 27.4. The van der Waals surface area contributed by atoms with Crippen molar-refractivity contribution in [3.63, 3.8) is 0 Å². The molecule has 1 aromatic carbocycles. The van der Waals surface area contributed by atoms with E-state index in [0.29, 0.717) is 15.9 Å². The molecule has 6 nitrogen and oxygen atoms in total. The summed E-state index contributed by atoms with van der Waals surface area (Å²) in [6.07, 6.45) is 1.42. The summed E-state index contributed by atoms with van der Waals surface area (Å²) >= 11 is 3.12. The molecule has 0 radical (unpaired) electrons. The Bertz CT molecular complexity index is 740. The molecule has 0 spiro atoms. The smallest absolute Gasteiger partial charge is 0.338 e. The highest BCUT2D eigenvalue weighted by molar-refractivity contribution is 9.10. The summed E-state index contributed by atoms with van der Waals surface area (Å²) in [6.45, 7) is 1.78. The average molecular weight is 338 g/mol. The number of nitrogens with two attached hydrogens (primary N) is 1. The van der Waals surface area contributed by atoms with Crippen LogP contribution in [0.4, 0.5) is 5.69 Å². The zero-order valence-corrected chi connectivity index (χ0v) is 12.2. The van der Waals surface area contributed by atoms with E-state index in [1.165, 1.54) is 16.8 Å². The van der Waals surface area contributed by atoms with Crippen molar-refractivity contribution in [3.05, 3.63) is 56.2 Å². The van der Waals surface area contributed by atoms with Gasteiger partial charge in [0.2, 0.25) is 0 Å². The number of carboxylic acid groups (broad SMARTS) is 1. The number of aryl methyl sites for hydroxylation is 1. The van der Waals surface area contributed by atoms with Crippen molar-refractivity contribution in [2.45, 2.75) is 13.5 Å². The molecule has 0 aliphatic rings. The molecule has 0 unspecified atom stereocenters. The van der Waals surface area contributed by atoms with E-state index in [-0.39, 0.29) is 23.4 Å². The number of nitrogen functional groups attached to an aromatic ring is 1. The number of carboxylic acids is 1. The Morgan fingerprint density at radius 1 is 1.50 bits per heavy atom. The van der Waals surface area contributed by atoms with Crippen molar-refractivity contribution in [1.29, 1.82) is 0 Å². The molecule has 0 fully saturated rings. The van der Waals surface area contributed by atoms with Crippen LogP contribution in [0.3, 0.4) is 0 Å². The summed E-state index contributed by atoms with van der Waals surface area (Å²) in [5.74, 6) is -0.622. The van der Waals surface area contributed by atoms with Crippen LogP contribution in [0.25, 0.3) is 0 Å². The Kier molecular flexibility index (Phi) is 3.89. The van der Waals surface area contributed by atoms with Gasteiger partial charge >= 0.3 is 5.97 Å². The molecule has 20 heavy (non-hydrogen) atoms. The van der Waals surface area contributed by atoms with Crippen LogP contribution in [0, 0.1) is 6.92 Å². The maximum absolute atomic E-state index is 12.1. The molecule has 0 aliphatic heterocycles. The van der Waals surface area contributed by atoms with Gasteiger partial charge in [-0.25, -0.2) is 9.78 Å². The van der Waals surface area contributed by atoms with Crippen LogP contribution in [0.5, 0.6) is 0 Å². The maximum atomic E-state index is 12.1. The third kappa shape index (κ3) is 2.57. The van der Waals surface area contributed by atoms with E-state index in [2.05, 4.69) is 20.9 Å². The molecule has 0 saturated carbocycles. The first-order valence-electron chi connectivity index (χ1n) is 5.74. The predicted octanol–water partition coefficient (Wildman–Crippen LogP) is 1.64. The van der Waals surface area contributed by atoms with E-state index in [9.17, 15) is 14.7 Å². The van der Waals surface area contributed by atoms with Gasteiger partial charge in [0.15, 0.2) is 0 Å². The zero-order chi connectivity index (χ0) is 14.9. The van der Waals surface area contributed by atoms with Crippen molar-refractivity contribution < 1.29 is 9.90 Å². The number of anilines is 1. The highest BCUT2D eigenvalue weighted by Crippen LogP contribution is 2.18. The molecular formula is C13H12BrN3O3. The van der Waals surface area contributed by atoms with Gasteiger partial charge in [-0.1, -0.05) is 12.1 Å². The second kappa shape index (κ2) is 5.46. The van der Waals surface area contributed by atoms with Crippen molar-refractivity contribution in [2.24, 2.45) is 0 Å². The first-order valence-corrected chi connectivity index (χ1v) is 6.53. The number of carbonyl (C=O) groups is 1. The molecule has 0 bridgehead atoms. The average Bonchev–Trinajstić information content (AvgIpc) is 2.39. The monoisotopic (exact) mass is 337 g/mol. The molecule has 0 amide bonds. The Labute approximate surface area is 123 Å². The van der Waals surface area contributed by atoms with Crippen LogP contribution in [0.2, 0.25) is 0 Å². The largest absolute Gasteiger partial charge is 0.478 e. The molecule has 2 aromatic rings. The van der Waals surface area contributed by atoms with E-state index < -0.39 is 5.97 Å². The van der Waals surface area contributed by atoms with E-state index >= 15 is 0 Å². The fraction of sp³-hybridized carbons (Fsp3) is 0.154. The standard InChI is InChI=1S/C13H12BrN3O3/c1-7-16-5-9(14)12(18)17(7)6-8-3-2-4-10(15)11(8)13(19)20/h2-5H,6,15H2,1H3,(H,19,20). The number of hydrogen-bond acceptors (Lipinski definition) is 4. The molecule has 0 saturated heterocycles. The fourth-order valence-corrected chi connectivity index (χ4v) is 2.24. The van der Waals surface area contributed by atoms with Gasteiger partial charge in [0.1, 0.15) is 10.3 Å². The third-order valence-electron chi connectivity index (χ3n) is 2.93. The Morgan fingerprint density at radius 3 is 2.85 bits per heavy atom. The molecule has 104 valence electrons. The maximum Gasteiger partial charge on any atom is 0.338 e. The SMILES string of the molecule is Cc1ncc(Br)c(=O)n1Cc1cccc(N)c1C(=O)O. The van der Waals surface area contributed by atoms with E-state index in [0.717, 1.165) is 0 Å². The van der Waals surface area contributed by atoms with Crippen LogP contribution < -0.4 is 11.3 Å². The van der Waals surface area contributed by atoms with Gasteiger partial charge in [-0.15, -0.1) is 0 Å². The van der Waals surface area contributed by atoms with Gasteiger partial charge < -0.3 is 10.8 Å². The van der Waals surface area contributed by atoms with Gasteiger partial charge in [-0.05, 0) is 34.5 Å². The topological polar surface area (TPSA) is 98.2 Å². The van der Waals surface area contributed by atoms with Crippen molar-refractivity contribution in [3.8, 4) is 0 Å². The van der Waals surface area contributed by atoms with Gasteiger partial charge in [-0.3, -0.25) is 9.36 Å². The van der Waals surface area contributed by atoms with Crippen molar-refractivity contribution >= 4 is 27.6 Å². The molecule has 3 N–H and O–H groups in total. The first-order chi connectivity index (χ1) is 9.41. The highest BCUT2D eigenvalue weighted by Gasteiger charge is 2.15. The van der Waals surface area contributed by atoms with Crippen LogP contribution in [-0.4, -0.2) is 20.6 Å². The number of rotatable bonds is 3. The molecule has 1 aromatic heterocycles. The minimum atomic E-state index is -1.12. The normalized spacial score (nSPS) is 10.5. The van der Waals surface area contributed by atoms with Gasteiger partial charge in [0.05, 0.1) is 12.1 Å². The number of aromatic carboxylic acids is 1. The van der Waals surface area contributed by atoms with Crippen LogP contribution in [-0.2, 0) is 6.54 Å². The Balaban J connectivity index is 2.57. The van der Waals surface area contributed by atoms with Gasteiger partial charge in [0.25, 0.3) is 5.56 Å². The highest BCUT2D eigenvalue weighted by atomic mass is 79.9. The molecule has 7 heteroatoms. The second-order valence-corrected chi connectivity index (χ2v) is 5.09. The quantitative estimate of drug-likeness (QED) is 0.829. The first kappa shape index (κ1) is 14.3. The van der Waals surface area contributed by atoms with Gasteiger partial charge in [0, 0.05) is 11.9 Å². The van der Waals surface area contributed by atoms with Crippen molar-refractivity contribution in [1.82, 2.24) is 9.55 Å². The van der Waals surface area contributed by atoms with Crippen molar-refractivity contribution in [2.75, 3.05) is 5.73 Å². The Morgan fingerprint density at radius 2 is 2.20 bits per heavy atom.